The van der Waals surface area contributed by atoms with Gasteiger partial charge in [0.25, 0.3) is 0 Å². The first-order valence-electron chi connectivity index (χ1n) is 16.6. The first kappa shape index (κ1) is 34.6. The summed E-state index contributed by atoms with van der Waals surface area (Å²) < 4.78 is 17.6. The number of hydrogen-bond acceptors (Lipinski definition) is 8. The number of aromatic nitrogens is 2. The van der Waals surface area contributed by atoms with Crippen LogP contribution in [-0.2, 0) is 19.1 Å². The van der Waals surface area contributed by atoms with Crippen molar-refractivity contribution in [3.8, 4) is 23.0 Å². The van der Waals surface area contributed by atoms with E-state index < -0.39 is 28.9 Å². The van der Waals surface area contributed by atoms with E-state index in [0.717, 1.165) is 17.5 Å². The number of aryl methyl sites for hydroxylation is 1. The van der Waals surface area contributed by atoms with E-state index in [1.54, 1.807) is 32.1 Å². The lowest BCUT2D eigenvalue weighted by molar-refractivity contribution is -0.156. The Hall–Kier alpha value is -4.73. The van der Waals surface area contributed by atoms with Gasteiger partial charge < -0.3 is 24.4 Å². The van der Waals surface area contributed by atoms with Crippen LogP contribution >= 0.6 is 0 Å². The van der Waals surface area contributed by atoms with Crippen molar-refractivity contribution >= 4 is 28.7 Å². The summed E-state index contributed by atoms with van der Waals surface area (Å²) in [4.78, 5) is 53.3. The standard InChI is InChI=1S/C38H46N4O6/c1-8-11-15-24(4)42(6)35(44)37(34(43)41-38(22-27(38)9-2)36(45)47-10-3)21-20-28(23-37)48-33-29-18-19-30(46-7)25(5)31(29)39-32(40-33)26-16-13-12-14-17-26/h8-9,12-14,16-19,24,27-28H,1-2,10-11,15,20-23H2,3-7H3,(H,41,43). The second-order valence-corrected chi connectivity index (χ2v) is 12.9. The normalized spacial score (nSPS) is 23.5. The highest BCUT2D eigenvalue weighted by atomic mass is 16.5. The number of esters is 1. The number of nitrogens with zero attached hydrogens (tertiary/aromatic N) is 3. The number of nitrogens with one attached hydrogen (secondary N) is 1. The largest absolute Gasteiger partial charge is 0.496 e. The fourth-order valence-corrected chi connectivity index (χ4v) is 6.74. The highest BCUT2D eigenvalue weighted by Crippen LogP contribution is 2.49. The van der Waals surface area contributed by atoms with Crippen LogP contribution in [-0.4, -0.2) is 71.1 Å². The first-order valence-corrected chi connectivity index (χ1v) is 16.6. The number of fused-ring (bicyclic) bond motifs is 1. The maximum atomic E-state index is 14.4. The van der Waals surface area contributed by atoms with Gasteiger partial charge in [0.05, 0.1) is 24.6 Å². The highest BCUT2D eigenvalue weighted by molar-refractivity contribution is 6.07. The molecule has 2 aromatic carbocycles. The van der Waals surface area contributed by atoms with Gasteiger partial charge in [-0.05, 0) is 65.0 Å². The summed E-state index contributed by atoms with van der Waals surface area (Å²) >= 11 is 0. The lowest BCUT2D eigenvalue weighted by Crippen LogP contribution is -2.57. The van der Waals surface area contributed by atoms with Crippen LogP contribution in [0.3, 0.4) is 0 Å². The molecule has 0 saturated heterocycles. The van der Waals surface area contributed by atoms with E-state index in [0.29, 0.717) is 47.6 Å². The minimum atomic E-state index is -1.47. The van der Waals surface area contributed by atoms with E-state index in [9.17, 15) is 14.4 Å². The zero-order valence-electron chi connectivity index (χ0n) is 28.6. The van der Waals surface area contributed by atoms with E-state index in [2.05, 4.69) is 18.5 Å². The third kappa shape index (κ3) is 6.40. The predicted octanol–water partition coefficient (Wildman–Crippen LogP) is 5.97. The van der Waals surface area contributed by atoms with Gasteiger partial charge in [0, 0.05) is 36.6 Å². The summed E-state index contributed by atoms with van der Waals surface area (Å²) in [5.41, 5.74) is -0.358. The van der Waals surface area contributed by atoms with Crippen molar-refractivity contribution in [2.45, 2.75) is 77.0 Å². The number of amides is 2. The Labute approximate surface area is 282 Å². The molecule has 5 unspecified atom stereocenters. The van der Waals surface area contributed by atoms with E-state index in [-0.39, 0.29) is 37.3 Å². The average molecular weight is 655 g/mol. The summed E-state index contributed by atoms with van der Waals surface area (Å²) in [5, 5.41) is 3.67. The molecule has 0 radical (unpaired) electrons. The molecule has 2 amide bonds. The minimum absolute atomic E-state index is 0.106. The Morgan fingerprint density at radius 1 is 1.12 bits per heavy atom. The van der Waals surface area contributed by atoms with E-state index in [1.807, 2.05) is 62.4 Å². The zero-order valence-corrected chi connectivity index (χ0v) is 28.6. The zero-order chi connectivity index (χ0) is 34.6. The predicted molar refractivity (Wildman–Crippen MR) is 184 cm³/mol. The second kappa shape index (κ2) is 14.2. The lowest BCUT2D eigenvalue weighted by Gasteiger charge is -2.35. The Bertz CT molecular complexity index is 1710. The Morgan fingerprint density at radius 2 is 1.88 bits per heavy atom. The van der Waals surface area contributed by atoms with Crippen LogP contribution < -0.4 is 14.8 Å². The topological polar surface area (TPSA) is 120 Å². The number of carbonyl (C=O) groups is 3. The number of hydrogen-bond donors (Lipinski definition) is 1. The van der Waals surface area contributed by atoms with Gasteiger partial charge in [-0.25, -0.2) is 9.78 Å². The first-order chi connectivity index (χ1) is 23.0. The van der Waals surface area contributed by atoms with E-state index in [1.165, 1.54) is 0 Å². The van der Waals surface area contributed by atoms with Crippen molar-refractivity contribution in [3.63, 3.8) is 0 Å². The molecule has 5 rings (SSSR count). The van der Waals surface area contributed by atoms with Gasteiger partial charge in [0.15, 0.2) is 5.82 Å². The Morgan fingerprint density at radius 3 is 2.52 bits per heavy atom. The van der Waals surface area contributed by atoms with E-state index >= 15 is 0 Å². The fraction of sp³-hybridized carbons (Fsp3) is 0.447. The van der Waals surface area contributed by atoms with Crippen LogP contribution in [0.15, 0.2) is 67.8 Å². The molecule has 1 heterocycles. The molecule has 48 heavy (non-hydrogen) atoms. The molecule has 10 heteroatoms. The molecule has 5 atom stereocenters. The number of allylic oxidation sites excluding steroid dienone is 1. The summed E-state index contributed by atoms with van der Waals surface area (Å²) in [6.07, 6.45) is 5.51. The maximum Gasteiger partial charge on any atom is 0.332 e. The summed E-state index contributed by atoms with van der Waals surface area (Å²) in [6, 6.07) is 13.2. The summed E-state index contributed by atoms with van der Waals surface area (Å²) in [5.74, 6) is -0.0695. The Balaban J connectivity index is 1.51. The van der Waals surface area contributed by atoms with Crippen LogP contribution in [0.2, 0.25) is 0 Å². The number of benzene rings is 2. The molecule has 0 bridgehead atoms. The van der Waals surface area contributed by atoms with Crippen LogP contribution in [0.4, 0.5) is 0 Å². The van der Waals surface area contributed by atoms with Gasteiger partial charge in [-0.3, -0.25) is 9.59 Å². The van der Waals surface area contributed by atoms with Gasteiger partial charge in [-0.15, -0.1) is 13.2 Å². The van der Waals surface area contributed by atoms with Crippen LogP contribution in [0.1, 0.15) is 57.9 Å². The molecule has 2 saturated carbocycles. The molecule has 1 N–H and O–H groups in total. The van der Waals surface area contributed by atoms with Crippen molar-refractivity contribution in [1.29, 1.82) is 0 Å². The average Bonchev–Trinajstić information content (AvgIpc) is 3.66. The molecule has 3 aromatic rings. The molecule has 2 aliphatic rings. The van der Waals surface area contributed by atoms with Crippen LogP contribution in [0.25, 0.3) is 22.3 Å². The molecule has 2 aliphatic carbocycles. The van der Waals surface area contributed by atoms with Crippen molar-refractivity contribution in [1.82, 2.24) is 20.2 Å². The molecule has 1 aromatic heterocycles. The van der Waals surface area contributed by atoms with Crippen molar-refractivity contribution < 1.29 is 28.6 Å². The molecule has 254 valence electrons. The number of rotatable bonds is 14. The van der Waals surface area contributed by atoms with Crippen molar-refractivity contribution in [3.05, 3.63) is 73.3 Å². The SMILES string of the molecule is C=CCCC(C)N(C)C(=O)C1(C(=O)NC2(C(=O)OCC)CC2C=C)CCC(Oc2nc(-c3ccccc3)nc3c(C)c(OC)ccc23)C1. The smallest absolute Gasteiger partial charge is 0.332 e. The maximum absolute atomic E-state index is 14.4. The minimum Gasteiger partial charge on any atom is -0.496 e. The fourth-order valence-electron chi connectivity index (χ4n) is 6.74. The van der Waals surface area contributed by atoms with Crippen LogP contribution in [0, 0.1) is 18.3 Å². The second-order valence-electron chi connectivity index (χ2n) is 12.9. The number of ether oxygens (including phenoxy) is 3. The molecular formula is C38H46N4O6. The highest BCUT2D eigenvalue weighted by Gasteiger charge is 2.64. The monoisotopic (exact) mass is 654 g/mol. The molecule has 0 spiro atoms. The van der Waals surface area contributed by atoms with Crippen molar-refractivity contribution in [2.75, 3.05) is 20.8 Å². The molecule has 0 aliphatic heterocycles. The third-order valence-electron chi connectivity index (χ3n) is 9.93. The molecular weight excluding hydrogens is 608 g/mol. The Kier molecular flexibility index (Phi) is 10.2. The molecule has 2 fully saturated rings. The van der Waals surface area contributed by atoms with Gasteiger partial charge in [-0.1, -0.05) is 42.5 Å². The van der Waals surface area contributed by atoms with Crippen molar-refractivity contribution in [2.24, 2.45) is 11.3 Å². The summed E-state index contributed by atoms with van der Waals surface area (Å²) in [6.45, 7) is 13.4. The number of methoxy groups -OCH3 is 1. The lowest BCUT2D eigenvalue weighted by atomic mass is 9.82. The quantitative estimate of drug-likeness (QED) is 0.128. The van der Waals surface area contributed by atoms with Gasteiger partial charge in [0.2, 0.25) is 17.7 Å². The third-order valence-corrected chi connectivity index (χ3v) is 9.93. The van der Waals surface area contributed by atoms with Crippen LogP contribution in [0.5, 0.6) is 11.6 Å². The van der Waals surface area contributed by atoms with E-state index in [4.69, 9.17) is 24.2 Å². The van der Waals surface area contributed by atoms with Gasteiger partial charge in [0.1, 0.15) is 22.8 Å². The summed E-state index contributed by atoms with van der Waals surface area (Å²) in [7, 11) is 3.34. The van der Waals surface area contributed by atoms with Gasteiger partial charge >= 0.3 is 5.97 Å². The number of carbonyl (C=O) groups excluding carboxylic acids is 3. The van der Waals surface area contributed by atoms with Gasteiger partial charge in [-0.2, -0.15) is 4.98 Å². The molecule has 10 nitrogen and oxygen atoms in total.